The summed E-state index contributed by atoms with van der Waals surface area (Å²) in [4.78, 5) is 16.5. The van der Waals surface area contributed by atoms with Crippen molar-refractivity contribution >= 4 is 17.9 Å². The second-order valence-corrected chi connectivity index (χ2v) is 3.87. The Bertz CT molecular complexity index is 587. The van der Waals surface area contributed by atoms with Crippen molar-refractivity contribution < 1.29 is 9.63 Å². The molecule has 1 aromatic carbocycles. The van der Waals surface area contributed by atoms with E-state index in [0.717, 1.165) is 5.56 Å². The standard InChI is InChI=1S/C13H14N4O2/c1-17-8-7-12(16-17)15-13(18)11-5-3-10(4-6-11)9-14-19-2/h3-9H,1-2H3,(H,15,16,18)/b14-9+. The van der Waals surface area contributed by atoms with Crippen LogP contribution in [0.5, 0.6) is 0 Å². The van der Waals surface area contributed by atoms with Crippen LogP contribution in [0.15, 0.2) is 41.7 Å². The van der Waals surface area contributed by atoms with Crippen molar-refractivity contribution in [2.45, 2.75) is 0 Å². The van der Waals surface area contributed by atoms with E-state index in [-0.39, 0.29) is 5.91 Å². The molecule has 1 amide bonds. The summed E-state index contributed by atoms with van der Waals surface area (Å²) in [6.07, 6.45) is 3.33. The smallest absolute Gasteiger partial charge is 0.256 e. The Labute approximate surface area is 110 Å². The van der Waals surface area contributed by atoms with Crippen molar-refractivity contribution in [2.75, 3.05) is 12.4 Å². The highest BCUT2D eigenvalue weighted by molar-refractivity contribution is 6.04. The molecule has 98 valence electrons. The lowest BCUT2D eigenvalue weighted by Gasteiger charge is -2.02. The van der Waals surface area contributed by atoms with Crippen LogP contribution in [-0.4, -0.2) is 29.0 Å². The van der Waals surface area contributed by atoms with Gasteiger partial charge < -0.3 is 10.2 Å². The van der Waals surface area contributed by atoms with Crippen LogP contribution in [0.2, 0.25) is 0 Å². The maximum absolute atomic E-state index is 11.9. The number of hydrogen-bond acceptors (Lipinski definition) is 4. The molecule has 0 atom stereocenters. The maximum atomic E-state index is 11.9. The van der Waals surface area contributed by atoms with Gasteiger partial charge in [0.1, 0.15) is 7.11 Å². The zero-order valence-corrected chi connectivity index (χ0v) is 10.7. The molecule has 2 rings (SSSR count). The molecular formula is C13H14N4O2. The minimum absolute atomic E-state index is 0.200. The molecule has 1 heterocycles. The van der Waals surface area contributed by atoms with Crippen molar-refractivity contribution in [1.29, 1.82) is 0 Å². The first kappa shape index (κ1) is 12.8. The van der Waals surface area contributed by atoms with Crippen LogP contribution in [-0.2, 0) is 11.9 Å². The highest BCUT2D eigenvalue weighted by atomic mass is 16.6. The molecule has 1 N–H and O–H groups in total. The predicted molar refractivity (Wildman–Crippen MR) is 72.2 cm³/mol. The Kier molecular flexibility index (Phi) is 3.92. The van der Waals surface area contributed by atoms with Gasteiger partial charge in [0.15, 0.2) is 5.82 Å². The fraction of sp³-hybridized carbons (Fsp3) is 0.154. The van der Waals surface area contributed by atoms with Crippen LogP contribution in [0.25, 0.3) is 0 Å². The number of oxime groups is 1. The number of nitrogens with zero attached hydrogens (tertiary/aromatic N) is 3. The number of amides is 1. The summed E-state index contributed by atoms with van der Waals surface area (Å²) in [7, 11) is 3.27. The molecule has 0 radical (unpaired) electrons. The molecule has 0 unspecified atom stereocenters. The Balaban J connectivity index is 2.05. The Morgan fingerprint density at radius 2 is 2.11 bits per heavy atom. The minimum atomic E-state index is -0.200. The van der Waals surface area contributed by atoms with Crippen LogP contribution < -0.4 is 5.32 Å². The molecule has 1 aromatic heterocycles. The fourth-order valence-electron chi connectivity index (χ4n) is 1.50. The normalized spacial score (nSPS) is 10.6. The van der Waals surface area contributed by atoms with E-state index in [2.05, 4.69) is 20.4 Å². The summed E-state index contributed by atoms with van der Waals surface area (Å²) in [6.45, 7) is 0. The summed E-state index contributed by atoms with van der Waals surface area (Å²) in [5, 5.41) is 10.4. The number of aryl methyl sites for hydroxylation is 1. The topological polar surface area (TPSA) is 68.5 Å². The maximum Gasteiger partial charge on any atom is 0.256 e. The summed E-state index contributed by atoms with van der Waals surface area (Å²) in [6, 6.07) is 8.74. The fourth-order valence-corrected chi connectivity index (χ4v) is 1.50. The third-order valence-corrected chi connectivity index (χ3v) is 2.44. The van der Waals surface area contributed by atoms with Crippen molar-refractivity contribution in [3.05, 3.63) is 47.7 Å². The predicted octanol–water partition coefficient (Wildman–Crippen LogP) is 1.65. The van der Waals surface area contributed by atoms with E-state index in [9.17, 15) is 4.79 Å². The summed E-state index contributed by atoms with van der Waals surface area (Å²) >= 11 is 0. The monoisotopic (exact) mass is 258 g/mol. The van der Waals surface area contributed by atoms with Gasteiger partial charge in [-0.15, -0.1) is 0 Å². The molecule has 0 aliphatic heterocycles. The van der Waals surface area contributed by atoms with Gasteiger partial charge in [-0.2, -0.15) is 5.10 Å². The number of benzene rings is 1. The first-order valence-corrected chi connectivity index (χ1v) is 5.66. The number of anilines is 1. The lowest BCUT2D eigenvalue weighted by Crippen LogP contribution is -2.12. The lowest BCUT2D eigenvalue weighted by atomic mass is 10.1. The van der Waals surface area contributed by atoms with Gasteiger partial charge in [-0.05, 0) is 17.7 Å². The Morgan fingerprint density at radius 1 is 1.37 bits per heavy atom. The summed E-state index contributed by atoms with van der Waals surface area (Å²) in [5.41, 5.74) is 1.41. The summed E-state index contributed by atoms with van der Waals surface area (Å²) < 4.78 is 1.62. The lowest BCUT2D eigenvalue weighted by molar-refractivity contribution is 0.102. The third-order valence-electron chi connectivity index (χ3n) is 2.44. The van der Waals surface area contributed by atoms with E-state index in [1.54, 1.807) is 54.5 Å². The zero-order valence-electron chi connectivity index (χ0n) is 10.7. The van der Waals surface area contributed by atoms with E-state index in [1.165, 1.54) is 7.11 Å². The Hall–Kier alpha value is -2.63. The third kappa shape index (κ3) is 3.41. The van der Waals surface area contributed by atoms with Crippen LogP contribution in [0.1, 0.15) is 15.9 Å². The average molecular weight is 258 g/mol. The van der Waals surface area contributed by atoms with E-state index in [0.29, 0.717) is 11.4 Å². The molecule has 0 fully saturated rings. The molecular weight excluding hydrogens is 244 g/mol. The van der Waals surface area contributed by atoms with E-state index >= 15 is 0 Å². The molecule has 6 nitrogen and oxygen atoms in total. The van der Waals surface area contributed by atoms with E-state index in [4.69, 9.17) is 0 Å². The van der Waals surface area contributed by atoms with Crippen molar-refractivity contribution in [2.24, 2.45) is 12.2 Å². The van der Waals surface area contributed by atoms with Crippen LogP contribution in [0, 0.1) is 0 Å². The van der Waals surface area contributed by atoms with Gasteiger partial charge in [0.05, 0.1) is 6.21 Å². The van der Waals surface area contributed by atoms with Crippen LogP contribution in [0.4, 0.5) is 5.82 Å². The van der Waals surface area contributed by atoms with E-state index in [1.807, 2.05) is 0 Å². The van der Waals surface area contributed by atoms with Crippen molar-refractivity contribution in [3.8, 4) is 0 Å². The SMILES string of the molecule is CO/N=C/c1ccc(C(=O)Nc2ccn(C)n2)cc1. The second kappa shape index (κ2) is 5.81. The molecule has 0 bridgehead atoms. The van der Waals surface area contributed by atoms with E-state index < -0.39 is 0 Å². The van der Waals surface area contributed by atoms with Gasteiger partial charge in [0.25, 0.3) is 5.91 Å². The minimum Gasteiger partial charge on any atom is -0.399 e. The van der Waals surface area contributed by atoms with Gasteiger partial charge in [-0.25, -0.2) is 0 Å². The van der Waals surface area contributed by atoms with Gasteiger partial charge in [-0.3, -0.25) is 9.48 Å². The van der Waals surface area contributed by atoms with Gasteiger partial charge in [0.2, 0.25) is 0 Å². The van der Waals surface area contributed by atoms with Crippen LogP contribution >= 0.6 is 0 Å². The molecule has 6 heteroatoms. The number of carbonyl (C=O) groups is 1. The second-order valence-electron chi connectivity index (χ2n) is 3.87. The molecule has 19 heavy (non-hydrogen) atoms. The number of aromatic nitrogens is 2. The van der Waals surface area contributed by atoms with Gasteiger partial charge in [-0.1, -0.05) is 17.3 Å². The molecule has 0 saturated heterocycles. The first-order chi connectivity index (χ1) is 9.19. The highest BCUT2D eigenvalue weighted by Gasteiger charge is 2.07. The average Bonchev–Trinajstić information content (AvgIpc) is 2.82. The molecule has 0 aliphatic rings. The Morgan fingerprint density at radius 3 is 2.68 bits per heavy atom. The molecule has 0 aliphatic carbocycles. The molecule has 0 saturated carbocycles. The molecule has 0 spiro atoms. The van der Waals surface area contributed by atoms with Gasteiger partial charge >= 0.3 is 0 Å². The number of hydrogen-bond donors (Lipinski definition) is 1. The number of rotatable bonds is 4. The van der Waals surface area contributed by atoms with Crippen LogP contribution in [0.3, 0.4) is 0 Å². The largest absolute Gasteiger partial charge is 0.399 e. The van der Waals surface area contributed by atoms with Gasteiger partial charge in [0, 0.05) is 24.9 Å². The quantitative estimate of drug-likeness (QED) is 0.669. The first-order valence-electron chi connectivity index (χ1n) is 5.66. The summed E-state index contributed by atoms with van der Waals surface area (Å²) in [5.74, 6) is 0.325. The molecule has 2 aromatic rings. The van der Waals surface area contributed by atoms with Crippen molar-refractivity contribution in [1.82, 2.24) is 9.78 Å². The highest BCUT2D eigenvalue weighted by Crippen LogP contribution is 2.07. The van der Waals surface area contributed by atoms with Crippen molar-refractivity contribution in [3.63, 3.8) is 0 Å². The zero-order chi connectivity index (χ0) is 13.7. The number of carbonyl (C=O) groups excluding carboxylic acids is 1. The number of nitrogens with one attached hydrogen (secondary N) is 1.